The van der Waals surface area contributed by atoms with Gasteiger partial charge in [0.2, 0.25) is 0 Å². The van der Waals surface area contributed by atoms with E-state index in [4.69, 9.17) is 21.3 Å². The van der Waals surface area contributed by atoms with E-state index in [2.05, 4.69) is 33.1 Å². The van der Waals surface area contributed by atoms with Gasteiger partial charge < -0.3 is 9.64 Å². The zero-order chi connectivity index (χ0) is 16.5. The fourth-order valence-electron chi connectivity index (χ4n) is 3.12. The number of morpholine rings is 1. The van der Waals surface area contributed by atoms with Gasteiger partial charge >= 0.3 is 0 Å². The van der Waals surface area contributed by atoms with Crippen molar-refractivity contribution in [3.63, 3.8) is 0 Å². The van der Waals surface area contributed by atoms with Gasteiger partial charge in [0.25, 0.3) is 0 Å². The molecule has 1 atom stereocenters. The second-order valence-electron chi connectivity index (χ2n) is 5.92. The van der Waals surface area contributed by atoms with Crippen LogP contribution in [0.25, 0.3) is 22.3 Å². The lowest BCUT2D eigenvalue weighted by Crippen LogP contribution is -2.44. The summed E-state index contributed by atoms with van der Waals surface area (Å²) < 4.78 is 5.54. The molecule has 0 amide bonds. The van der Waals surface area contributed by atoms with E-state index in [0.29, 0.717) is 19.1 Å². The van der Waals surface area contributed by atoms with Crippen molar-refractivity contribution in [2.45, 2.75) is 18.8 Å². The summed E-state index contributed by atoms with van der Waals surface area (Å²) in [6.45, 7) is 4.38. The number of rotatable bonds is 3. The minimum atomic E-state index is 0.277. The molecular formula is C17H18ClN5O. The number of ether oxygens (including phenoxy) is 1. The zero-order valence-electron chi connectivity index (χ0n) is 13.4. The fourth-order valence-corrected chi connectivity index (χ4v) is 3.34. The normalized spacial score (nSPS) is 18.2. The molecule has 3 aromatic rings. The van der Waals surface area contributed by atoms with Gasteiger partial charge in [-0.1, -0.05) is 0 Å². The van der Waals surface area contributed by atoms with Crippen LogP contribution in [-0.2, 0) is 10.6 Å². The first-order valence-electron chi connectivity index (χ1n) is 7.96. The number of H-pyrrole nitrogens is 1. The molecule has 1 N–H and O–H groups in total. The molecule has 24 heavy (non-hydrogen) atoms. The molecule has 1 aliphatic rings. The summed E-state index contributed by atoms with van der Waals surface area (Å²) in [6.07, 6.45) is 3.50. The summed E-state index contributed by atoms with van der Waals surface area (Å²) in [5.41, 5.74) is 3.53. The predicted molar refractivity (Wildman–Crippen MR) is 94.3 cm³/mol. The van der Waals surface area contributed by atoms with E-state index in [1.54, 1.807) is 12.4 Å². The van der Waals surface area contributed by atoms with Gasteiger partial charge in [0.05, 0.1) is 24.9 Å². The Kier molecular flexibility index (Phi) is 4.08. The van der Waals surface area contributed by atoms with Crippen LogP contribution in [0.5, 0.6) is 0 Å². The Morgan fingerprint density at radius 2 is 2.29 bits per heavy atom. The standard InChI is InChI=1S/C17H18ClN5O/c1-11-10-24-7-6-23(11)15-8-12(9-18)13-2-4-19-17(16(13)21-15)14-3-5-20-22-14/h2-5,8,11H,6-7,9-10H2,1H3,(H,20,22)/t11-/m1/s1. The van der Waals surface area contributed by atoms with Gasteiger partial charge in [-0.25, -0.2) is 4.98 Å². The van der Waals surface area contributed by atoms with Gasteiger partial charge in [0.15, 0.2) is 0 Å². The molecule has 4 heterocycles. The van der Waals surface area contributed by atoms with E-state index in [9.17, 15) is 0 Å². The monoisotopic (exact) mass is 343 g/mol. The smallest absolute Gasteiger partial charge is 0.130 e. The molecule has 1 saturated heterocycles. The largest absolute Gasteiger partial charge is 0.377 e. The Balaban J connectivity index is 1.92. The van der Waals surface area contributed by atoms with E-state index < -0.39 is 0 Å². The third-order valence-electron chi connectivity index (χ3n) is 4.36. The third-order valence-corrected chi connectivity index (χ3v) is 4.65. The van der Waals surface area contributed by atoms with Crippen LogP contribution in [0.15, 0.2) is 30.6 Å². The van der Waals surface area contributed by atoms with Crippen LogP contribution < -0.4 is 4.90 Å². The van der Waals surface area contributed by atoms with Crippen molar-refractivity contribution >= 4 is 28.3 Å². The summed E-state index contributed by atoms with van der Waals surface area (Å²) in [4.78, 5) is 11.7. The maximum atomic E-state index is 6.22. The lowest BCUT2D eigenvalue weighted by molar-refractivity contribution is 0.0985. The molecule has 0 saturated carbocycles. The Labute approximate surface area is 144 Å². The number of nitrogens with zero attached hydrogens (tertiary/aromatic N) is 4. The first-order valence-corrected chi connectivity index (χ1v) is 8.50. The highest BCUT2D eigenvalue weighted by atomic mass is 35.5. The van der Waals surface area contributed by atoms with Crippen LogP contribution in [0, 0.1) is 0 Å². The number of aromatic amines is 1. The SMILES string of the molecule is C[C@@H]1COCCN1c1cc(CCl)c2ccnc(-c3ccn[nH]3)c2n1. The number of hydrogen-bond acceptors (Lipinski definition) is 5. The minimum Gasteiger partial charge on any atom is -0.377 e. The molecule has 0 radical (unpaired) electrons. The fraction of sp³-hybridized carbons (Fsp3) is 0.353. The number of halogens is 1. The van der Waals surface area contributed by atoms with E-state index in [-0.39, 0.29) is 6.04 Å². The van der Waals surface area contributed by atoms with Crippen LogP contribution in [0.1, 0.15) is 12.5 Å². The number of hydrogen-bond donors (Lipinski definition) is 1. The summed E-state index contributed by atoms with van der Waals surface area (Å²) in [5, 5.41) is 8.02. The van der Waals surface area contributed by atoms with Crippen LogP contribution in [-0.4, -0.2) is 46.0 Å². The highest BCUT2D eigenvalue weighted by Gasteiger charge is 2.22. The van der Waals surface area contributed by atoms with Crippen molar-refractivity contribution in [1.29, 1.82) is 0 Å². The molecular weight excluding hydrogens is 326 g/mol. The molecule has 7 heteroatoms. The van der Waals surface area contributed by atoms with Gasteiger partial charge in [-0.3, -0.25) is 10.1 Å². The molecule has 6 nitrogen and oxygen atoms in total. The van der Waals surface area contributed by atoms with Crippen molar-refractivity contribution in [2.24, 2.45) is 0 Å². The van der Waals surface area contributed by atoms with Gasteiger partial charge in [0, 0.05) is 30.2 Å². The summed E-state index contributed by atoms with van der Waals surface area (Å²) >= 11 is 6.22. The van der Waals surface area contributed by atoms with Crippen molar-refractivity contribution in [3.05, 3.63) is 36.2 Å². The first-order chi connectivity index (χ1) is 11.8. The number of aromatic nitrogens is 4. The number of nitrogens with one attached hydrogen (secondary N) is 1. The lowest BCUT2D eigenvalue weighted by atomic mass is 10.1. The lowest BCUT2D eigenvalue weighted by Gasteiger charge is -2.34. The molecule has 1 aliphatic heterocycles. The number of pyridine rings is 2. The molecule has 0 unspecified atom stereocenters. The zero-order valence-corrected chi connectivity index (χ0v) is 14.1. The molecule has 124 valence electrons. The Hall–Kier alpha value is -2.18. The Morgan fingerprint density at radius 1 is 1.38 bits per heavy atom. The highest BCUT2D eigenvalue weighted by molar-refractivity contribution is 6.18. The van der Waals surface area contributed by atoms with Crippen LogP contribution in [0.2, 0.25) is 0 Å². The molecule has 4 rings (SSSR count). The van der Waals surface area contributed by atoms with Gasteiger partial charge in [-0.15, -0.1) is 11.6 Å². The number of anilines is 1. The topological polar surface area (TPSA) is 66.9 Å². The molecule has 1 fully saturated rings. The maximum absolute atomic E-state index is 6.22. The number of fused-ring (bicyclic) bond motifs is 1. The Bertz CT molecular complexity index is 852. The highest BCUT2D eigenvalue weighted by Crippen LogP contribution is 2.30. The second-order valence-corrected chi connectivity index (χ2v) is 6.18. The van der Waals surface area contributed by atoms with Gasteiger partial charge in [-0.05, 0) is 30.7 Å². The van der Waals surface area contributed by atoms with Crippen molar-refractivity contribution in [3.8, 4) is 11.4 Å². The molecule has 0 aromatic carbocycles. The number of alkyl halides is 1. The minimum absolute atomic E-state index is 0.277. The molecule has 0 aliphatic carbocycles. The van der Waals surface area contributed by atoms with Crippen molar-refractivity contribution in [1.82, 2.24) is 20.2 Å². The van der Waals surface area contributed by atoms with Crippen molar-refractivity contribution < 1.29 is 4.74 Å². The summed E-state index contributed by atoms with van der Waals surface area (Å²) in [7, 11) is 0. The van der Waals surface area contributed by atoms with Crippen LogP contribution in [0.4, 0.5) is 5.82 Å². The molecule has 0 spiro atoms. The third kappa shape index (κ3) is 2.61. The van der Waals surface area contributed by atoms with Gasteiger partial charge in [0.1, 0.15) is 17.0 Å². The van der Waals surface area contributed by atoms with Gasteiger partial charge in [-0.2, -0.15) is 5.10 Å². The van der Waals surface area contributed by atoms with E-state index in [1.807, 2.05) is 12.1 Å². The summed E-state index contributed by atoms with van der Waals surface area (Å²) in [5.74, 6) is 1.35. The van der Waals surface area contributed by atoms with E-state index in [1.165, 1.54) is 0 Å². The van der Waals surface area contributed by atoms with E-state index >= 15 is 0 Å². The van der Waals surface area contributed by atoms with Crippen LogP contribution in [0.3, 0.4) is 0 Å². The maximum Gasteiger partial charge on any atom is 0.130 e. The average Bonchev–Trinajstić information content (AvgIpc) is 3.15. The first kappa shape index (κ1) is 15.4. The van der Waals surface area contributed by atoms with Crippen molar-refractivity contribution in [2.75, 3.05) is 24.7 Å². The van der Waals surface area contributed by atoms with Crippen LogP contribution >= 0.6 is 11.6 Å². The summed E-state index contributed by atoms with van der Waals surface area (Å²) in [6, 6.07) is 6.22. The quantitative estimate of drug-likeness (QED) is 0.740. The second kappa shape index (κ2) is 6.37. The Morgan fingerprint density at radius 3 is 3.04 bits per heavy atom. The average molecular weight is 344 g/mol. The molecule has 0 bridgehead atoms. The van der Waals surface area contributed by atoms with E-state index in [0.717, 1.165) is 40.2 Å². The molecule has 3 aromatic heterocycles. The predicted octanol–water partition coefficient (Wildman–Crippen LogP) is 2.98.